The van der Waals surface area contributed by atoms with Gasteiger partial charge in [0.25, 0.3) is 0 Å². The van der Waals surface area contributed by atoms with Crippen LogP contribution in [0.25, 0.3) is 0 Å². The highest BCUT2D eigenvalue weighted by Crippen LogP contribution is 2.38. The molecule has 1 aromatic heterocycles. The van der Waals surface area contributed by atoms with E-state index in [1.807, 2.05) is 30.3 Å². The number of benzene rings is 1. The Bertz CT molecular complexity index is 669. The van der Waals surface area contributed by atoms with Crippen LogP contribution in [0.15, 0.2) is 52.2 Å². The molecular weight excluding hydrogens is 306 g/mol. The van der Waals surface area contributed by atoms with E-state index < -0.39 is 0 Å². The van der Waals surface area contributed by atoms with Crippen molar-refractivity contribution in [3.05, 3.63) is 47.2 Å². The largest absolute Gasteiger partial charge is 0.277 e. The molecule has 0 radical (unpaired) electrons. The zero-order valence-corrected chi connectivity index (χ0v) is 11.5. The van der Waals surface area contributed by atoms with Crippen molar-refractivity contribution in [1.82, 2.24) is 4.98 Å². The van der Waals surface area contributed by atoms with Crippen LogP contribution in [0.3, 0.4) is 0 Å². The van der Waals surface area contributed by atoms with Gasteiger partial charge in [0.2, 0.25) is 5.91 Å². The van der Waals surface area contributed by atoms with Crippen LogP contribution in [-0.2, 0) is 4.79 Å². The number of aromatic nitrogens is 1. The number of amides is 1. The summed E-state index contributed by atoms with van der Waals surface area (Å²) in [7, 11) is 0. The van der Waals surface area contributed by atoms with Gasteiger partial charge in [0.15, 0.2) is 0 Å². The monoisotopic (exact) mass is 315 g/mol. The quantitative estimate of drug-likeness (QED) is 0.807. The molecule has 0 saturated carbocycles. The van der Waals surface area contributed by atoms with Crippen molar-refractivity contribution in [2.45, 2.75) is 6.42 Å². The van der Waals surface area contributed by atoms with E-state index in [0.717, 1.165) is 21.5 Å². The first-order valence-electron chi connectivity index (χ1n) is 5.81. The summed E-state index contributed by atoms with van der Waals surface area (Å²) in [5, 5.41) is 0. The predicted molar refractivity (Wildman–Crippen MR) is 78.3 cm³/mol. The highest BCUT2D eigenvalue weighted by atomic mass is 79.9. The summed E-state index contributed by atoms with van der Waals surface area (Å²) >= 11 is 3.44. The lowest BCUT2D eigenvalue weighted by Gasteiger charge is -2.23. The molecule has 0 spiro atoms. The maximum Gasteiger partial charge on any atom is 0.237 e. The smallest absolute Gasteiger partial charge is 0.237 e. The van der Waals surface area contributed by atoms with Crippen LogP contribution < -0.4 is 4.90 Å². The summed E-state index contributed by atoms with van der Waals surface area (Å²) in [5.74, 6) is -0.0133. The van der Waals surface area contributed by atoms with Gasteiger partial charge in [0.05, 0.1) is 28.0 Å². The molecule has 0 atom stereocenters. The van der Waals surface area contributed by atoms with Crippen molar-refractivity contribution < 1.29 is 4.79 Å². The molecule has 0 N–H and O–H groups in total. The highest BCUT2D eigenvalue weighted by Gasteiger charge is 2.23. The van der Waals surface area contributed by atoms with Gasteiger partial charge < -0.3 is 0 Å². The standard InChI is InChI=1S/C14H10BrN3O/c15-10-9-16-7-5-12(10)18-13-4-2-1-3-11(13)17-8-6-14(18)19/h1-5,7-9H,6H2. The summed E-state index contributed by atoms with van der Waals surface area (Å²) in [6.45, 7) is 0. The zero-order valence-electron chi connectivity index (χ0n) is 9.95. The number of halogens is 1. The Morgan fingerprint density at radius 3 is 2.84 bits per heavy atom. The first-order chi connectivity index (χ1) is 9.27. The molecule has 1 aromatic carbocycles. The van der Waals surface area contributed by atoms with E-state index in [-0.39, 0.29) is 12.3 Å². The number of aliphatic imine (C=N–C) groups is 1. The normalized spacial score (nSPS) is 14.2. The molecule has 2 aromatic rings. The SMILES string of the molecule is O=C1CC=Nc2ccccc2N1c1ccncc1Br. The van der Waals surface area contributed by atoms with Gasteiger partial charge in [-0.25, -0.2) is 0 Å². The van der Waals surface area contributed by atoms with Crippen molar-refractivity contribution in [3.63, 3.8) is 0 Å². The summed E-state index contributed by atoms with van der Waals surface area (Å²) in [5.41, 5.74) is 2.35. The van der Waals surface area contributed by atoms with Gasteiger partial charge in [-0.05, 0) is 34.1 Å². The Morgan fingerprint density at radius 1 is 1.16 bits per heavy atom. The second-order valence-electron chi connectivity index (χ2n) is 4.06. The number of carbonyl (C=O) groups excluding carboxylic acids is 1. The first kappa shape index (κ1) is 12.0. The van der Waals surface area contributed by atoms with Crippen LogP contribution in [-0.4, -0.2) is 17.1 Å². The van der Waals surface area contributed by atoms with Gasteiger partial charge in [-0.15, -0.1) is 0 Å². The van der Waals surface area contributed by atoms with Crippen LogP contribution in [0, 0.1) is 0 Å². The highest BCUT2D eigenvalue weighted by molar-refractivity contribution is 9.10. The predicted octanol–water partition coefficient (Wildman–Crippen LogP) is 3.61. The lowest BCUT2D eigenvalue weighted by atomic mass is 10.2. The average Bonchev–Trinajstić information content (AvgIpc) is 2.58. The number of hydrogen-bond acceptors (Lipinski definition) is 3. The topological polar surface area (TPSA) is 45.6 Å². The minimum Gasteiger partial charge on any atom is -0.277 e. The molecule has 4 nitrogen and oxygen atoms in total. The van der Waals surface area contributed by atoms with Gasteiger partial charge in [0, 0.05) is 18.6 Å². The Morgan fingerprint density at radius 2 is 2.00 bits per heavy atom. The summed E-state index contributed by atoms with van der Waals surface area (Å²) in [4.78, 5) is 22.4. The number of hydrogen-bond donors (Lipinski definition) is 0. The Hall–Kier alpha value is -2.01. The van der Waals surface area contributed by atoms with Gasteiger partial charge in [-0.1, -0.05) is 12.1 Å². The van der Waals surface area contributed by atoms with E-state index in [4.69, 9.17) is 0 Å². The van der Waals surface area contributed by atoms with Gasteiger partial charge in [0.1, 0.15) is 0 Å². The third-order valence-corrected chi connectivity index (χ3v) is 3.47. The number of para-hydroxylation sites is 2. The molecule has 0 fully saturated rings. The van der Waals surface area contributed by atoms with E-state index in [1.54, 1.807) is 23.5 Å². The minimum absolute atomic E-state index is 0.0133. The zero-order chi connectivity index (χ0) is 13.2. The molecule has 0 saturated heterocycles. The Kier molecular flexibility index (Phi) is 3.13. The number of anilines is 2. The van der Waals surface area contributed by atoms with Crippen LogP contribution in [0.5, 0.6) is 0 Å². The molecule has 1 amide bonds. The van der Waals surface area contributed by atoms with Gasteiger partial charge in [-0.3, -0.25) is 19.7 Å². The van der Waals surface area contributed by atoms with E-state index in [2.05, 4.69) is 25.9 Å². The van der Waals surface area contributed by atoms with E-state index >= 15 is 0 Å². The van der Waals surface area contributed by atoms with Crippen LogP contribution in [0.2, 0.25) is 0 Å². The lowest BCUT2D eigenvalue weighted by Crippen LogP contribution is -2.25. The molecule has 2 heterocycles. The van der Waals surface area contributed by atoms with Crippen molar-refractivity contribution >= 4 is 45.1 Å². The molecule has 3 rings (SSSR count). The van der Waals surface area contributed by atoms with E-state index in [9.17, 15) is 4.79 Å². The minimum atomic E-state index is -0.0133. The molecule has 1 aliphatic heterocycles. The Balaban J connectivity index is 2.20. The summed E-state index contributed by atoms with van der Waals surface area (Å²) in [6.07, 6.45) is 5.28. The fraction of sp³-hybridized carbons (Fsp3) is 0.0714. The van der Waals surface area contributed by atoms with Gasteiger partial charge >= 0.3 is 0 Å². The number of nitrogens with zero attached hydrogens (tertiary/aromatic N) is 3. The fourth-order valence-electron chi connectivity index (χ4n) is 2.02. The second kappa shape index (κ2) is 4.93. The van der Waals surface area contributed by atoms with Gasteiger partial charge in [-0.2, -0.15) is 0 Å². The number of rotatable bonds is 1. The van der Waals surface area contributed by atoms with Crippen molar-refractivity contribution in [2.24, 2.45) is 4.99 Å². The first-order valence-corrected chi connectivity index (χ1v) is 6.60. The molecule has 19 heavy (non-hydrogen) atoms. The summed E-state index contributed by atoms with van der Waals surface area (Å²) in [6, 6.07) is 9.40. The Labute approximate surface area is 118 Å². The van der Waals surface area contributed by atoms with Crippen molar-refractivity contribution in [2.75, 3.05) is 4.90 Å². The molecular formula is C14H10BrN3O. The summed E-state index contributed by atoms with van der Waals surface area (Å²) < 4.78 is 0.778. The van der Waals surface area contributed by atoms with E-state index in [1.165, 1.54) is 0 Å². The molecule has 0 bridgehead atoms. The number of pyridine rings is 1. The second-order valence-corrected chi connectivity index (χ2v) is 4.92. The molecule has 94 valence electrons. The van der Waals surface area contributed by atoms with Crippen LogP contribution in [0.1, 0.15) is 6.42 Å². The molecule has 0 aliphatic carbocycles. The van der Waals surface area contributed by atoms with Crippen LogP contribution >= 0.6 is 15.9 Å². The maximum absolute atomic E-state index is 12.3. The fourth-order valence-corrected chi connectivity index (χ4v) is 2.45. The third-order valence-electron chi connectivity index (χ3n) is 2.86. The van der Waals surface area contributed by atoms with E-state index in [0.29, 0.717) is 0 Å². The van der Waals surface area contributed by atoms with Crippen LogP contribution in [0.4, 0.5) is 17.1 Å². The molecule has 5 heteroatoms. The maximum atomic E-state index is 12.3. The number of fused-ring (bicyclic) bond motifs is 1. The average molecular weight is 316 g/mol. The van der Waals surface area contributed by atoms with Crippen molar-refractivity contribution in [3.8, 4) is 0 Å². The molecule has 1 aliphatic rings. The molecule has 0 unspecified atom stereocenters. The van der Waals surface area contributed by atoms with Crippen molar-refractivity contribution in [1.29, 1.82) is 0 Å². The number of carbonyl (C=O) groups is 1. The third kappa shape index (κ3) is 2.17. The lowest BCUT2D eigenvalue weighted by molar-refractivity contribution is -0.116.